The molecule has 122 valence electrons. The van der Waals surface area contributed by atoms with Crippen LogP contribution in [0.2, 0.25) is 0 Å². The van der Waals surface area contributed by atoms with Gasteiger partial charge in [-0.25, -0.2) is 4.84 Å². The molecule has 1 heterocycles. The summed E-state index contributed by atoms with van der Waals surface area (Å²) in [5.74, 6) is -0.919. The van der Waals surface area contributed by atoms with Crippen LogP contribution in [-0.4, -0.2) is 57.1 Å². The summed E-state index contributed by atoms with van der Waals surface area (Å²) in [7, 11) is 0. The van der Waals surface area contributed by atoms with E-state index < -0.39 is 36.7 Å². The van der Waals surface area contributed by atoms with Crippen molar-refractivity contribution in [1.29, 1.82) is 0 Å². The Morgan fingerprint density at radius 1 is 1.18 bits per heavy atom. The molecule has 0 bridgehead atoms. The van der Waals surface area contributed by atoms with Crippen LogP contribution in [0, 0.1) is 0 Å². The quantitative estimate of drug-likeness (QED) is 0.460. The molecule has 22 heavy (non-hydrogen) atoms. The Labute approximate surface area is 126 Å². The molecule has 0 aromatic heterocycles. The molecule has 1 aromatic carbocycles. The Balaban J connectivity index is 1.91. The summed E-state index contributed by atoms with van der Waals surface area (Å²) < 4.78 is 5.26. The normalized spacial score (nSPS) is 31.7. The van der Waals surface area contributed by atoms with E-state index in [-0.39, 0.29) is 6.42 Å². The van der Waals surface area contributed by atoms with E-state index in [1.807, 2.05) is 0 Å². The van der Waals surface area contributed by atoms with Crippen molar-refractivity contribution in [3.8, 4) is 0 Å². The van der Waals surface area contributed by atoms with Gasteiger partial charge in [0.25, 0.3) is 0 Å². The summed E-state index contributed by atoms with van der Waals surface area (Å²) >= 11 is 0. The van der Waals surface area contributed by atoms with E-state index in [0.29, 0.717) is 11.3 Å². The van der Waals surface area contributed by atoms with Crippen molar-refractivity contribution in [2.75, 3.05) is 5.48 Å². The number of ether oxygens (including phenoxy) is 1. The Kier molecular flexibility index (Phi) is 5.33. The number of carbonyl (C=O) groups is 1. The lowest BCUT2D eigenvalue weighted by molar-refractivity contribution is -0.286. The first-order valence-corrected chi connectivity index (χ1v) is 6.80. The highest BCUT2D eigenvalue weighted by Crippen LogP contribution is 2.22. The number of anilines is 1. The summed E-state index contributed by atoms with van der Waals surface area (Å²) in [4.78, 5) is 15.8. The van der Waals surface area contributed by atoms with Crippen molar-refractivity contribution in [2.45, 2.75) is 44.1 Å². The van der Waals surface area contributed by atoms with Crippen molar-refractivity contribution in [3.05, 3.63) is 29.8 Å². The second-order valence-electron chi connectivity index (χ2n) is 5.17. The van der Waals surface area contributed by atoms with Crippen molar-refractivity contribution >= 4 is 11.7 Å². The number of aliphatic carboxylic acids is 1. The minimum atomic E-state index is -1.40. The Morgan fingerprint density at radius 3 is 2.41 bits per heavy atom. The Hall–Kier alpha value is -1.71. The van der Waals surface area contributed by atoms with E-state index in [1.165, 1.54) is 0 Å². The number of carboxylic acids is 1. The molecule has 1 aromatic rings. The van der Waals surface area contributed by atoms with Gasteiger partial charge in [-0.1, -0.05) is 12.1 Å². The highest BCUT2D eigenvalue weighted by Gasteiger charge is 2.42. The minimum absolute atomic E-state index is 0.0762. The first kappa shape index (κ1) is 16.7. The van der Waals surface area contributed by atoms with Gasteiger partial charge in [-0.05, 0) is 24.6 Å². The first-order chi connectivity index (χ1) is 10.4. The maximum atomic E-state index is 10.6. The number of aliphatic hydroxyl groups is 3. The molecular weight excluding hydrogens is 294 g/mol. The third kappa shape index (κ3) is 3.93. The molecule has 5 N–H and O–H groups in total. The monoisotopic (exact) mass is 313 g/mol. The average molecular weight is 313 g/mol. The standard InChI is InChI=1S/C14H19NO7/c1-7-11(18)12(19)13(20)14(21-7)22-15-9-4-2-8(3-5-9)6-10(16)17/h2-5,7,11-15,18-20H,6H2,1H3,(H,16,17)/t7-,11-,12+,13+,14?/m0/s1. The number of rotatable bonds is 5. The van der Waals surface area contributed by atoms with Crippen LogP contribution in [0.4, 0.5) is 5.69 Å². The number of aliphatic hydroxyl groups excluding tert-OH is 3. The molecule has 5 atom stereocenters. The fraction of sp³-hybridized carbons (Fsp3) is 0.500. The van der Waals surface area contributed by atoms with E-state index in [9.17, 15) is 20.1 Å². The van der Waals surface area contributed by atoms with Gasteiger partial charge < -0.3 is 25.2 Å². The molecule has 1 fully saturated rings. The van der Waals surface area contributed by atoms with Crippen LogP contribution in [0.15, 0.2) is 24.3 Å². The third-order valence-corrected chi connectivity index (χ3v) is 3.41. The van der Waals surface area contributed by atoms with Crippen molar-refractivity contribution < 1.29 is 34.8 Å². The molecule has 8 heteroatoms. The molecule has 8 nitrogen and oxygen atoms in total. The Bertz CT molecular complexity index is 506. The van der Waals surface area contributed by atoms with E-state index in [4.69, 9.17) is 14.7 Å². The second-order valence-corrected chi connectivity index (χ2v) is 5.17. The number of hydrogen-bond acceptors (Lipinski definition) is 7. The van der Waals surface area contributed by atoms with Crippen LogP contribution < -0.4 is 5.48 Å². The van der Waals surface area contributed by atoms with Crippen LogP contribution in [0.3, 0.4) is 0 Å². The summed E-state index contributed by atoms with van der Waals surface area (Å²) in [6.07, 6.45) is -5.87. The summed E-state index contributed by atoms with van der Waals surface area (Å²) in [6.45, 7) is 1.55. The molecule has 1 aliphatic rings. The zero-order valence-corrected chi connectivity index (χ0v) is 11.9. The lowest BCUT2D eigenvalue weighted by Gasteiger charge is -2.38. The molecule has 0 spiro atoms. The van der Waals surface area contributed by atoms with E-state index in [0.717, 1.165) is 0 Å². The smallest absolute Gasteiger partial charge is 0.307 e. The van der Waals surface area contributed by atoms with Crippen LogP contribution >= 0.6 is 0 Å². The number of hydrogen-bond donors (Lipinski definition) is 5. The van der Waals surface area contributed by atoms with Gasteiger partial charge in [0, 0.05) is 0 Å². The first-order valence-electron chi connectivity index (χ1n) is 6.80. The van der Waals surface area contributed by atoms with Gasteiger partial charge in [-0.2, -0.15) is 0 Å². The predicted molar refractivity (Wildman–Crippen MR) is 74.8 cm³/mol. The second kappa shape index (κ2) is 7.03. The minimum Gasteiger partial charge on any atom is -0.481 e. The van der Waals surface area contributed by atoms with Gasteiger partial charge in [0.1, 0.15) is 18.3 Å². The van der Waals surface area contributed by atoms with Crippen molar-refractivity contribution in [1.82, 2.24) is 0 Å². The van der Waals surface area contributed by atoms with E-state index in [2.05, 4.69) is 5.48 Å². The van der Waals surface area contributed by atoms with Crippen LogP contribution in [0.1, 0.15) is 12.5 Å². The van der Waals surface area contributed by atoms with Gasteiger partial charge >= 0.3 is 5.97 Å². The maximum Gasteiger partial charge on any atom is 0.307 e. The summed E-state index contributed by atoms with van der Waals surface area (Å²) in [6, 6.07) is 6.47. The van der Waals surface area contributed by atoms with Crippen LogP contribution in [0.5, 0.6) is 0 Å². The molecule has 0 radical (unpaired) electrons. The van der Waals surface area contributed by atoms with Crippen LogP contribution in [-0.2, 0) is 20.8 Å². The molecule has 0 amide bonds. The molecule has 0 saturated carbocycles. The third-order valence-electron chi connectivity index (χ3n) is 3.41. The molecule has 1 saturated heterocycles. The van der Waals surface area contributed by atoms with E-state index in [1.54, 1.807) is 31.2 Å². The topological polar surface area (TPSA) is 128 Å². The summed E-state index contributed by atoms with van der Waals surface area (Å²) in [5.41, 5.74) is 3.72. The predicted octanol–water partition coefficient (Wildman–Crippen LogP) is -0.515. The largest absolute Gasteiger partial charge is 0.481 e. The van der Waals surface area contributed by atoms with Crippen molar-refractivity contribution in [3.63, 3.8) is 0 Å². The van der Waals surface area contributed by atoms with Gasteiger partial charge in [0.2, 0.25) is 6.29 Å². The lowest BCUT2D eigenvalue weighted by Crippen LogP contribution is -2.57. The zero-order valence-electron chi connectivity index (χ0n) is 11.9. The SMILES string of the molecule is C[C@@H]1OC(ONc2ccc(CC(=O)O)cc2)[C@H](O)[C@H](O)[C@H]1O. The number of nitrogens with one attached hydrogen (secondary N) is 1. The zero-order chi connectivity index (χ0) is 16.3. The molecule has 0 aliphatic carbocycles. The summed E-state index contributed by atoms with van der Waals surface area (Å²) in [5, 5.41) is 37.7. The fourth-order valence-electron chi connectivity index (χ4n) is 2.10. The van der Waals surface area contributed by atoms with Crippen LogP contribution in [0.25, 0.3) is 0 Å². The van der Waals surface area contributed by atoms with Gasteiger partial charge in [0.15, 0.2) is 0 Å². The lowest BCUT2D eigenvalue weighted by atomic mass is 10.0. The maximum absolute atomic E-state index is 10.6. The highest BCUT2D eigenvalue weighted by atomic mass is 16.8. The molecule has 2 rings (SSSR count). The van der Waals surface area contributed by atoms with Crippen molar-refractivity contribution in [2.24, 2.45) is 0 Å². The average Bonchev–Trinajstić information content (AvgIpc) is 2.48. The molecule has 1 aliphatic heterocycles. The number of carboxylic acid groups (broad SMARTS) is 1. The van der Waals surface area contributed by atoms with Gasteiger partial charge in [0.05, 0.1) is 18.2 Å². The number of benzene rings is 1. The fourth-order valence-corrected chi connectivity index (χ4v) is 2.10. The Morgan fingerprint density at radius 2 is 1.82 bits per heavy atom. The van der Waals surface area contributed by atoms with Gasteiger partial charge in [-0.15, -0.1) is 0 Å². The molecule has 1 unspecified atom stereocenters. The van der Waals surface area contributed by atoms with E-state index >= 15 is 0 Å². The van der Waals surface area contributed by atoms with Gasteiger partial charge in [-0.3, -0.25) is 10.3 Å². The molecular formula is C14H19NO7. The highest BCUT2D eigenvalue weighted by molar-refractivity contribution is 5.70.